The summed E-state index contributed by atoms with van der Waals surface area (Å²) in [6, 6.07) is 24.5. The van der Waals surface area contributed by atoms with Gasteiger partial charge in [0.05, 0.1) is 24.8 Å². The van der Waals surface area contributed by atoms with E-state index in [2.05, 4.69) is 10.1 Å². The second-order valence-corrected chi connectivity index (χ2v) is 8.11. The summed E-state index contributed by atoms with van der Waals surface area (Å²) >= 11 is 5.69. The molecular weight excluding hydrogens is 450 g/mol. The van der Waals surface area contributed by atoms with Gasteiger partial charge in [-0.1, -0.05) is 48.5 Å². The molecule has 1 aliphatic rings. The number of thiocarbonyl (C=S) groups is 1. The topological polar surface area (TPSA) is 78.9 Å². The minimum absolute atomic E-state index is 0.0755. The van der Waals surface area contributed by atoms with Crippen LogP contribution in [0.1, 0.15) is 22.3 Å². The van der Waals surface area contributed by atoms with Crippen LogP contribution in [0.15, 0.2) is 84.9 Å². The number of ether oxygens (including phenoxy) is 1. The molecule has 4 rings (SSSR count). The predicted molar refractivity (Wildman–Crippen MR) is 133 cm³/mol. The molecule has 3 aromatic rings. The van der Waals surface area contributed by atoms with Crippen LogP contribution in [0, 0.1) is 0 Å². The molecule has 1 aliphatic heterocycles. The van der Waals surface area contributed by atoms with Crippen LogP contribution < -0.4 is 10.2 Å². The highest BCUT2D eigenvalue weighted by molar-refractivity contribution is 7.80. The Morgan fingerprint density at radius 3 is 2.18 bits per heavy atom. The molecule has 172 valence electrons. The van der Waals surface area contributed by atoms with Crippen molar-refractivity contribution in [3.8, 4) is 0 Å². The van der Waals surface area contributed by atoms with E-state index in [4.69, 9.17) is 12.2 Å². The first-order chi connectivity index (χ1) is 16.5. The first-order valence-electron chi connectivity index (χ1n) is 10.7. The zero-order valence-corrected chi connectivity index (χ0v) is 19.3. The van der Waals surface area contributed by atoms with Crippen molar-refractivity contribution in [2.24, 2.45) is 0 Å². The summed E-state index contributed by atoms with van der Waals surface area (Å²) in [6.45, 7) is 0.403. The van der Waals surface area contributed by atoms with Gasteiger partial charge in [-0.15, -0.1) is 0 Å². The Balaban J connectivity index is 1.54. The number of para-hydroxylation sites is 1. The number of hydrogen-bond acceptors (Lipinski definition) is 5. The Morgan fingerprint density at radius 1 is 0.941 bits per heavy atom. The lowest BCUT2D eigenvalue weighted by atomic mass is 10.1. The van der Waals surface area contributed by atoms with Crippen LogP contribution in [0.25, 0.3) is 0 Å². The predicted octanol–water partition coefficient (Wildman–Crippen LogP) is 4.00. The second kappa shape index (κ2) is 10.3. The fourth-order valence-corrected chi connectivity index (χ4v) is 4.19. The standard InChI is InChI=1S/C26H23N3O4S/c1-33-25(32)19-12-14-20(15-13-19)27-23(30)16-22-24(31)29(21-10-6-3-7-11-21)26(34)28(22)17-18-8-4-2-5-9-18/h2-15,22H,16-17H2,1H3,(H,27,30). The summed E-state index contributed by atoms with van der Waals surface area (Å²) in [5.74, 6) is -1.04. The van der Waals surface area contributed by atoms with Gasteiger partial charge < -0.3 is 15.0 Å². The van der Waals surface area contributed by atoms with Gasteiger partial charge in [-0.25, -0.2) is 4.79 Å². The summed E-state index contributed by atoms with van der Waals surface area (Å²) in [5, 5.41) is 3.16. The van der Waals surface area contributed by atoms with Crippen LogP contribution in [0.2, 0.25) is 0 Å². The Labute approximate surface area is 202 Å². The molecule has 8 heteroatoms. The monoisotopic (exact) mass is 473 g/mol. The second-order valence-electron chi connectivity index (χ2n) is 7.74. The quantitative estimate of drug-likeness (QED) is 0.413. The lowest BCUT2D eigenvalue weighted by Gasteiger charge is -2.24. The van der Waals surface area contributed by atoms with E-state index in [1.54, 1.807) is 29.2 Å². The number of benzene rings is 3. The van der Waals surface area contributed by atoms with Crippen molar-refractivity contribution in [2.45, 2.75) is 19.0 Å². The normalized spacial score (nSPS) is 15.4. The molecule has 2 amide bonds. The van der Waals surface area contributed by atoms with Gasteiger partial charge in [-0.05, 0) is 54.2 Å². The van der Waals surface area contributed by atoms with Crippen molar-refractivity contribution in [3.05, 3.63) is 96.1 Å². The van der Waals surface area contributed by atoms with E-state index >= 15 is 0 Å². The molecule has 3 aromatic carbocycles. The van der Waals surface area contributed by atoms with Crippen molar-refractivity contribution in [1.82, 2.24) is 4.90 Å². The molecule has 1 heterocycles. The van der Waals surface area contributed by atoms with E-state index in [0.717, 1.165) is 5.56 Å². The molecule has 1 atom stereocenters. The minimum atomic E-state index is -0.748. The number of nitrogens with zero attached hydrogens (tertiary/aromatic N) is 2. The number of nitrogens with one attached hydrogen (secondary N) is 1. The van der Waals surface area contributed by atoms with Crippen LogP contribution >= 0.6 is 12.2 Å². The number of carbonyl (C=O) groups excluding carboxylic acids is 3. The molecule has 0 bridgehead atoms. The SMILES string of the molecule is COC(=O)c1ccc(NC(=O)CC2C(=O)N(c3ccccc3)C(=S)N2Cc2ccccc2)cc1. The van der Waals surface area contributed by atoms with Crippen molar-refractivity contribution in [3.63, 3.8) is 0 Å². The summed E-state index contributed by atoms with van der Waals surface area (Å²) in [5.41, 5.74) is 2.54. The fraction of sp³-hybridized carbons (Fsp3) is 0.154. The van der Waals surface area contributed by atoms with Crippen LogP contribution in [0.5, 0.6) is 0 Å². The minimum Gasteiger partial charge on any atom is -0.465 e. The van der Waals surface area contributed by atoms with Crippen LogP contribution in [-0.2, 0) is 20.9 Å². The molecule has 1 N–H and O–H groups in total. The Morgan fingerprint density at radius 2 is 1.56 bits per heavy atom. The summed E-state index contributed by atoms with van der Waals surface area (Å²) in [4.78, 5) is 41.2. The van der Waals surface area contributed by atoms with Gasteiger partial charge in [-0.3, -0.25) is 14.5 Å². The van der Waals surface area contributed by atoms with Gasteiger partial charge in [-0.2, -0.15) is 0 Å². The highest BCUT2D eigenvalue weighted by Crippen LogP contribution is 2.28. The maximum Gasteiger partial charge on any atom is 0.337 e. The van der Waals surface area contributed by atoms with E-state index < -0.39 is 12.0 Å². The lowest BCUT2D eigenvalue weighted by Crippen LogP contribution is -2.37. The van der Waals surface area contributed by atoms with Crippen LogP contribution in [0.4, 0.5) is 11.4 Å². The fourth-order valence-electron chi connectivity index (χ4n) is 3.80. The zero-order chi connectivity index (χ0) is 24.1. The Bertz CT molecular complexity index is 1200. The van der Waals surface area contributed by atoms with Gasteiger partial charge >= 0.3 is 5.97 Å². The number of rotatable bonds is 7. The van der Waals surface area contributed by atoms with Crippen molar-refractivity contribution in [2.75, 3.05) is 17.3 Å². The summed E-state index contributed by atoms with van der Waals surface area (Å²) in [6.07, 6.45) is -0.0755. The largest absolute Gasteiger partial charge is 0.465 e. The van der Waals surface area contributed by atoms with E-state index in [1.165, 1.54) is 12.0 Å². The number of amides is 2. The third-order valence-electron chi connectivity index (χ3n) is 5.50. The zero-order valence-electron chi connectivity index (χ0n) is 18.5. The molecule has 1 saturated heterocycles. The summed E-state index contributed by atoms with van der Waals surface area (Å²) in [7, 11) is 1.31. The molecule has 0 radical (unpaired) electrons. The number of esters is 1. The van der Waals surface area contributed by atoms with Gasteiger partial charge in [0.2, 0.25) is 5.91 Å². The van der Waals surface area contributed by atoms with E-state index in [-0.39, 0.29) is 18.2 Å². The molecule has 34 heavy (non-hydrogen) atoms. The van der Waals surface area contributed by atoms with E-state index in [9.17, 15) is 14.4 Å². The molecule has 1 fully saturated rings. The van der Waals surface area contributed by atoms with Crippen molar-refractivity contribution >= 4 is 46.5 Å². The molecule has 1 unspecified atom stereocenters. The molecule has 0 aliphatic carbocycles. The Hall–Kier alpha value is -4.04. The molecule has 0 spiro atoms. The number of carbonyl (C=O) groups is 3. The number of methoxy groups -OCH3 is 1. The van der Waals surface area contributed by atoms with Crippen molar-refractivity contribution < 1.29 is 19.1 Å². The molecule has 0 aromatic heterocycles. The highest BCUT2D eigenvalue weighted by Gasteiger charge is 2.44. The van der Waals surface area contributed by atoms with Crippen molar-refractivity contribution in [1.29, 1.82) is 0 Å². The van der Waals surface area contributed by atoms with Gasteiger partial charge in [0.25, 0.3) is 5.91 Å². The maximum absolute atomic E-state index is 13.4. The maximum atomic E-state index is 13.4. The smallest absolute Gasteiger partial charge is 0.337 e. The molecule has 7 nitrogen and oxygen atoms in total. The molecule has 0 saturated carbocycles. The third kappa shape index (κ3) is 4.97. The lowest BCUT2D eigenvalue weighted by molar-refractivity contribution is -0.124. The first-order valence-corrected chi connectivity index (χ1v) is 11.1. The molecular formula is C26H23N3O4S. The first kappa shape index (κ1) is 23.1. The van der Waals surface area contributed by atoms with Gasteiger partial charge in [0, 0.05) is 12.2 Å². The Kier molecular flexibility index (Phi) is 6.98. The average Bonchev–Trinajstić information content (AvgIpc) is 3.09. The number of anilines is 2. The highest BCUT2D eigenvalue weighted by atomic mass is 32.1. The number of hydrogen-bond donors (Lipinski definition) is 1. The third-order valence-corrected chi connectivity index (χ3v) is 5.91. The van der Waals surface area contributed by atoms with Gasteiger partial charge in [0.1, 0.15) is 6.04 Å². The van der Waals surface area contributed by atoms with Gasteiger partial charge in [0.15, 0.2) is 5.11 Å². The van der Waals surface area contributed by atoms with Crippen LogP contribution in [-0.4, -0.2) is 40.9 Å². The summed E-state index contributed by atoms with van der Waals surface area (Å²) < 4.78 is 4.69. The van der Waals surface area contributed by atoms with Crippen LogP contribution in [0.3, 0.4) is 0 Å². The average molecular weight is 474 g/mol. The van der Waals surface area contributed by atoms with E-state index in [0.29, 0.717) is 28.6 Å². The van der Waals surface area contributed by atoms with E-state index in [1.807, 2.05) is 60.7 Å².